The molecule has 0 spiro atoms. The van der Waals surface area contributed by atoms with Crippen LogP contribution in [0.2, 0.25) is 0 Å². The van der Waals surface area contributed by atoms with E-state index in [1.807, 2.05) is 36.8 Å². The molecule has 0 aromatic carbocycles. The van der Waals surface area contributed by atoms with E-state index < -0.39 is 0 Å². The first-order valence-corrected chi connectivity index (χ1v) is 8.17. The van der Waals surface area contributed by atoms with Crippen LogP contribution in [0.15, 0.2) is 18.5 Å². The molecule has 1 N–H and O–H groups in total. The molecule has 3 rings (SSSR count). The molecule has 0 radical (unpaired) electrons. The summed E-state index contributed by atoms with van der Waals surface area (Å²) < 4.78 is 4.13. The van der Waals surface area contributed by atoms with Gasteiger partial charge in [0.1, 0.15) is 11.6 Å². The molecule has 0 fully saturated rings. The highest BCUT2D eigenvalue weighted by molar-refractivity contribution is 5.55. The number of rotatable bonds is 6. The van der Waals surface area contributed by atoms with Gasteiger partial charge in [-0.1, -0.05) is 6.92 Å². The molecule has 0 atom stereocenters. The Balaban J connectivity index is 1.69. The first-order chi connectivity index (χ1) is 11.1. The number of aromatic nitrogens is 5. The van der Waals surface area contributed by atoms with E-state index in [9.17, 15) is 0 Å². The van der Waals surface area contributed by atoms with Crippen LogP contribution in [-0.4, -0.2) is 30.7 Å². The van der Waals surface area contributed by atoms with Gasteiger partial charge in [0, 0.05) is 49.2 Å². The Morgan fingerprint density at radius 3 is 2.83 bits per heavy atom. The zero-order valence-electron chi connectivity index (χ0n) is 14.3. The van der Waals surface area contributed by atoms with Gasteiger partial charge in [-0.15, -0.1) is 0 Å². The molecule has 6 nitrogen and oxygen atoms in total. The number of hydrogen-bond acceptors (Lipinski definition) is 4. The quantitative estimate of drug-likeness (QED) is 0.711. The maximum Gasteiger partial charge on any atom is 0.160 e. The smallest absolute Gasteiger partial charge is 0.160 e. The molecular formula is C17H24N6. The largest absolute Gasteiger partial charge is 0.370 e. The second kappa shape index (κ2) is 6.40. The molecule has 0 aliphatic carbocycles. The van der Waals surface area contributed by atoms with E-state index in [-0.39, 0.29) is 0 Å². The summed E-state index contributed by atoms with van der Waals surface area (Å²) in [5.41, 5.74) is 4.11. The van der Waals surface area contributed by atoms with Gasteiger partial charge in [0.25, 0.3) is 0 Å². The summed E-state index contributed by atoms with van der Waals surface area (Å²) in [6, 6.07) is 2.05. The summed E-state index contributed by atoms with van der Waals surface area (Å²) in [4.78, 5) is 8.95. The Labute approximate surface area is 136 Å². The van der Waals surface area contributed by atoms with Crippen LogP contribution in [-0.2, 0) is 13.0 Å². The van der Waals surface area contributed by atoms with Gasteiger partial charge in [-0.2, -0.15) is 9.61 Å². The Morgan fingerprint density at radius 2 is 2.04 bits per heavy atom. The fourth-order valence-corrected chi connectivity index (χ4v) is 2.80. The zero-order chi connectivity index (χ0) is 16.4. The van der Waals surface area contributed by atoms with Crippen molar-refractivity contribution >= 4 is 11.5 Å². The highest BCUT2D eigenvalue weighted by Crippen LogP contribution is 2.18. The highest BCUT2D eigenvalue weighted by atomic mass is 15.3. The minimum atomic E-state index is 0.887. The van der Waals surface area contributed by atoms with Crippen LogP contribution >= 0.6 is 0 Å². The number of hydrogen-bond donors (Lipinski definition) is 1. The SMILES string of the molecule is CCc1nccn1CCCNc1cc(C)nc2c(C)c(C)nn12. The Morgan fingerprint density at radius 1 is 1.22 bits per heavy atom. The Kier molecular flexibility index (Phi) is 4.32. The normalized spacial score (nSPS) is 11.3. The van der Waals surface area contributed by atoms with E-state index in [0.717, 1.165) is 60.2 Å². The van der Waals surface area contributed by atoms with Gasteiger partial charge in [-0.3, -0.25) is 0 Å². The summed E-state index contributed by atoms with van der Waals surface area (Å²) in [5, 5.41) is 8.08. The average molecular weight is 312 g/mol. The maximum atomic E-state index is 4.60. The summed E-state index contributed by atoms with van der Waals surface area (Å²) >= 11 is 0. The van der Waals surface area contributed by atoms with Crippen molar-refractivity contribution in [2.75, 3.05) is 11.9 Å². The van der Waals surface area contributed by atoms with E-state index >= 15 is 0 Å². The second-order valence-electron chi connectivity index (χ2n) is 5.90. The second-order valence-corrected chi connectivity index (χ2v) is 5.90. The van der Waals surface area contributed by atoms with Gasteiger partial charge >= 0.3 is 0 Å². The molecule has 0 bridgehead atoms. The predicted octanol–water partition coefficient (Wildman–Crippen LogP) is 2.92. The highest BCUT2D eigenvalue weighted by Gasteiger charge is 2.10. The molecule has 0 amide bonds. The van der Waals surface area contributed by atoms with Gasteiger partial charge in [0.05, 0.1) is 5.69 Å². The van der Waals surface area contributed by atoms with E-state index in [4.69, 9.17) is 0 Å². The van der Waals surface area contributed by atoms with Crippen LogP contribution in [0.3, 0.4) is 0 Å². The van der Waals surface area contributed by atoms with Crippen LogP contribution in [0.25, 0.3) is 5.65 Å². The minimum absolute atomic E-state index is 0.887. The van der Waals surface area contributed by atoms with Crippen LogP contribution in [0.4, 0.5) is 5.82 Å². The minimum Gasteiger partial charge on any atom is -0.370 e. The van der Waals surface area contributed by atoms with Gasteiger partial charge in [0.2, 0.25) is 0 Å². The molecule has 0 unspecified atom stereocenters. The molecule has 0 saturated carbocycles. The average Bonchev–Trinajstić information content (AvgIpc) is 3.10. The Hall–Kier alpha value is -2.37. The molecule has 122 valence electrons. The van der Waals surface area contributed by atoms with Gasteiger partial charge in [-0.05, 0) is 27.2 Å². The molecule has 23 heavy (non-hydrogen) atoms. The number of aryl methyl sites for hydroxylation is 5. The summed E-state index contributed by atoms with van der Waals surface area (Å²) in [6.07, 6.45) is 5.92. The fourth-order valence-electron chi connectivity index (χ4n) is 2.80. The van der Waals surface area contributed by atoms with Crippen molar-refractivity contribution in [3.8, 4) is 0 Å². The molecule has 3 aromatic heterocycles. The standard InChI is InChI=1S/C17H24N6/c1-5-15-19-8-10-22(15)9-6-7-18-16-11-12(2)20-17-13(3)14(4)21-23(16)17/h8,10-11,18H,5-7,9H2,1-4H3. The van der Waals surface area contributed by atoms with Crippen molar-refractivity contribution in [2.45, 2.75) is 47.1 Å². The third-order valence-electron chi connectivity index (χ3n) is 4.18. The van der Waals surface area contributed by atoms with Crippen molar-refractivity contribution in [3.05, 3.63) is 41.2 Å². The third-order valence-corrected chi connectivity index (χ3v) is 4.18. The van der Waals surface area contributed by atoms with E-state index in [2.05, 4.69) is 38.8 Å². The lowest BCUT2D eigenvalue weighted by Crippen LogP contribution is -2.11. The lowest BCUT2D eigenvalue weighted by molar-refractivity contribution is 0.628. The maximum absolute atomic E-state index is 4.60. The van der Waals surface area contributed by atoms with Crippen LogP contribution in [0.5, 0.6) is 0 Å². The van der Waals surface area contributed by atoms with Crippen LogP contribution in [0.1, 0.15) is 36.1 Å². The molecule has 3 heterocycles. The molecule has 6 heteroatoms. The van der Waals surface area contributed by atoms with Crippen LogP contribution < -0.4 is 5.32 Å². The number of fused-ring (bicyclic) bond motifs is 1. The molecular weight excluding hydrogens is 288 g/mol. The van der Waals surface area contributed by atoms with E-state index in [0.29, 0.717) is 0 Å². The van der Waals surface area contributed by atoms with E-state index in [1.54, 1.807) is 0 Å². The first kappa shape index (κ1) is 15.5. The zero-order valence-corrected chi connectivity index (χ0v) is 14.3. The lowest BCUT2D eigenvalue weighted by atomic mass is 10.3. The lowest BCUT2D eigenvalue weighted by Gasteiger charge is -2.10. The monoisotopic (exact) mass is 312 g/mol. The van der Waals surface area contributed by atoms with E-state index in [1.165, 1.54) is 0 Å². The predicted molar refractivity (Wildman–Crippen MR) is 91.9 cm³/mol. The van der Waals surface area contributed by atoms with Crippen molar-refractivity contribution in [1.82, 2.24) is 24.1 Å². The number of anilines is 1. The molecule has 3 aromatic rings. The molecule has 0 aliphatic rings. The van der Waals surface area contributed by atoms with Gasteiger partial charge in [-0.25, -0.2) is 9.97 Å². The fraction of sp³-hybridized carbons (Fsp3) is 0.471. The topological polar surface area (TPSA) is 60.0 Å². The first-order valence-electron chi connectivity index (χ1n) is 8.17. The van der Waals surface area contributed by atoms with Crippen LogP contribution in [0, 0.1) is 20.8 Å². The van der Waals surface area contributed by atoms with Gasteiger partial charge in [0.15, 0.2) is 5.65 Å². The summed E-state index contributed by atoms with van der Waals surface area (Å²) in [6.45, 7) is 10.1. The van der Waals surface area contributed by atoms with Crippen molar-refractivity contribution in [1.29, 1.82) is 0 Å². The number of nitrogens with zero attached hydrogens (tertiary/aromatic N) is 5. The van der Waals surface area contributed by atoms with Crippen molar-refractivity contribution < 1.29 is 0 Å². The number of nitrogens with one attached hydrogen (secondary N) is 1. The van der Waals surface area contributed by atoms with Gasteiger partial charge < -0.3 is 9.88 Å². The third kappa shape index (κ3) is 3.06. The van der Waals surface area contributed by atoms with Crippen molar-refractivity contribution in [2.24, 2.45) is 0 Å². The Bertz CT molecular complexity index is 814. The summed E-state index contributed by atoms with van der Waals surface area (Å²) in [5.74, 6) is 2.15. The number of imidazole rings is 1. The molecule has 0 saturated heterocycles. The van der Waals surface area contributed by atoms with Crippen molar-refractivity contribution in [3.63, 3.8) is 0 Å². The molecule has 0 aliphatic heterocycles. The summed E-state index contributed by atoms with van der Waals surface area (Å²) in [7, 11) is 0.